The Morgan fingerprint density at radius 1 is 1.03 bits per heavy atom. The van der Waals surface area contributed by atoms with E-state index < -0.39 is 17.6 Å². The number of amides is 2. The molecule has 1 atom stereocenters. The minimum atomic E-state index is -1.24. The Morgan fingerprint density at radius 3 is 2.14 bits per heavy atom. The molecule has 7 heteroatoms. The molecule has 2 aromatic carbocycles. The summed E-state index contributed by atoms with van der Waals surface area (Å²) in [5, 5.41) is 12.2. The summed E-state index contributed by atoms with van der Waals surface area (Å²) in [6.07, 6.45) is 1.15. The average molecular weight is 481 g/mol. The van der Waals surface area contributed by atoms with E-state index in [1.54, 1.807) is 20.8 Å². The summed E-state index contributed by atoms with van der Waals surface area (Å²) < 4.78 is 5.56. The predicted molar refractivity (Wildman–Crippen MR) is 135 cm³/mol. The van der Waals surface area contributed by atoms with Crippen LogP contribution in [0.15, 0.2) is 48.5 Å². The van der Waals surface area contributed by atoms with Crippen molar-refractivity contribution in [2.24, 2.45) is 5.92 Å². The van der Waals surface area contributed by atoms with Gasteiger partial charge >= 0.3 is 12.1 Å². The third kappa shape index (κ3) is 6.02. The number of hydrogen-bond acceptors (Lipinski definition) is 4. The van der Waals surface area contributed by atoms with E-state index in [0.717, 1.165) is 0 Å². The number of carbonyl (C=O) groups excluding carboxylic acids is 2. The van der Waals surface area contributed by atoms with Gasteiger partial charge in [-0.3, -0.25) is 4.79 Å². The number of hydrogen-bond donors (Lipinski definition) is 2. The average Bonchev–Trinajstić information content (AvgIpc) is 3.15. The number of benzene rings is 2. The highest BCUT2D eigenvalue weighted by Crippen LogP contribution is 2.44. The number of nitrogens with zero attached hydrogens (tertiary/aromatic N) is 1. The highest BCUT2D eigenvalue weighted by Gasteiger charge is 2.36. The fraction of sp³-hybridized carbons (Fsp3) is 0.464. The summed E-state index contributed by atoms with van der Waals surface area (Å²) in [5.74, 6) is -0.974. The topological polar surface area (TPSA) is 95.9 Å². The molecular formula is C28H36N2O5. The molecule has 0 fully saturated rings. The Kier molecular flexibility index (Phi) is 8.54. The van der Waals surface area contributed by atoms with Crippen LogP contribution in [0.4, 0.5) is 4.79 Å². The van der Waals surface area contributed by atoms with Crippen molar-refractivity contribution in [2.45, 2.75) is 58.4 Å². The fourth-order valence-electron chi connectivity index (χ4n) is 4.72. The van der Waals surface area contributed by atoms with E-state index in [0.29, 0.717) is 25.9 Å². The minimum absolute atomic E-state index is 0.0228. The molecule has 0 heterocycles. The van der Waals surface area contributed by atoms with Crippen molar-refractivity contribution < 1.29 is 24.2 Å². The molecule has 3 rings (SSSR count). The lowest BCUT2D eigenvalue weighted by Crippen LogP contribution is -2.52. The molecule has 0 aliphatic heterocycles. The molecule has 0 radical (unpaired) electrons. The number of alkyl carbamates (subject to hydrolysis) is 1. The summed E-state index contributed by atoms with van der Waals surface area (Å²) in [4.78, 5) is 37.8. The molecule has 1 unspecified atom stereocenters. The highest BCUT2D eigenvalue weighted by atomic mass is 16.5. The van der Waals surface area contributed by atoms with Gasteiger partial charge in [0.25, 0.3) is 0 Å². The van der Waals surface area contributed by atoms with E-state index in [2.05, 4.69) is 29.6 Å². The molecule has 0 saturated carbocycles. The summed E-state index contributed by atoms with van der Waals surface area (Å²) in [6, 6.07) is 16.4. The Balaban J connectivity index is 1.42. The SMILES string of the molecule is CCN(C(=O)CCC(C)CCNC(=O)OCC1c2ccccc2-c2ccccc21)C(C)(C)C(=O)O. The number of ether oxygens (including phenoxy) is 1. The lowest BCUT2D eigenvalue weighted by atomic mass is 9.98. The van der Waals surface area contributed by atoms with Gasteiger partial charge in [0.2, 0.25) is 5.91 Å². The number of likely N-dealkylation sites (N-methyl/N-ethyl adjacent to an activating group) is 1. The molecule has 2 aromatic rings. The van der Waals surface area contributed by atoms with Crippen LogP contribution >= 0.6 is 0 Å². The van der Waals surface area contributed by atoms with E-state index in [9.17, 15) is 19.5 Å². The summed E-state index contributed by atoms with van der Waals surface area (Å²) in [6.45, 7) is 7.95. The zero-order chi connectivity index (χ0) is 25.6. The first kappa shape index (κ1) is 26.3. The van der Waals surface area contributed by atoms with Crippen molar-refractivity contribution in [3.05, 3.63) is 59.7 Å². The van der Waals surface area contributed by atoms with Gasteiger partial charge in [-0.05, 0) is 61.8 Å². The van der Waals surface area contributed by atoms with Gasteiger partial charge in [0.05, 0.1) is 0 Å². The van der Waals surface area contributed by atoms with Crippen LogP contribution in [0.25, 0.3) is 11.1 Å². The standard InChI is InChI=1S/C28H36N2O5/c1-5-30(28(3,4)26(32)33)25(31)15-14-19(2)16-17-29-27(34)35-18-24-22-12-8-6-10-20(22)21-11-7-9-13-23(21)24/h6-13,19,24H,5,14-18H2,1-4H3,(H,29,34)(H,32,33). The van der Waals surface area contributed by atoms with Crippen LogP contribution in [-0.2, 0) is 14.3 Å². The zero-order valence-corrected chi connectivity index (χ0v) is 21.0. The van der Waals surface area contributed by atoms with Crippen LogP contribution in [-0.4, -0.2) is 53.2 Å². The second-order valence-electron chi connectivity index (χ2n) is 9.69. The van der Waals surface area contributed by atoms with Gasteiger partial charge in [-0.25, -0.2) is 9.59 Å². The van der Waals surface area contributed by atoms with Crippen LogP contribution < -0.4 is 5.32 Å². The molecule has 0 aromatic heterocycles. The van der Waals surface area contributed by atoms with Crippen LogP contribution in [0.2, 0.25) is 0 Å². The Labute approximate surface area is 207 Å². The van der Waals surface area contributed by atoms with Gasteiger partial charge in [-0.2, -0.15) is 0 Å². The lowest BCUT2D eigenvalue weighted by Gasteiger charge is -2.34. The Hall–Kier alpha value is -3.35. The summed E-state index contributed by atoms with van der Waals surface area (Å²) in [5.41, 5.74) is 3.49. The van der Waals surface area contributed by atoms with Gasteiger partial charge in [0.15, 0.2) is 0 Å². The molecule has 2 N–H and O–H groups in total. The van der Waals surface area contributed by atoms with Crippen LogP contribution in [0, 0.1) is 5.92 Å². The molecule has 2 amide bonds. The first-order chi connectivity index (χ1) is 16.7. The maximum absolute atomic E-state index is 12.6. The van der Waals surface area contributed by atoms with Crippen molar-refractivity contribution in [3.8, 4) is 11.1 Å². The number of carbonyl (C=O) groups is 3. The minimum Gasteiger partial charge on any atom is -0.480 e. The smallest absolute Gasteiger partial charge is 0.407 e. The molecule has 0 bridgehead atoms. The Morgan fingerprint density at radius 2 is 1.60 bits per heavy atom. The second kappa shape index (κ2) is 11.4. The number of aliphatic carboxylic acids is 1. The molecule has 1 aliphatic carbocycles. The maximum atomic E-state index is 12.6. The maximum Gasteiger partial charge on any atom is 0.407 e. The van der Waals surface area contributed by atoms with Crippen LogP contribution in [0.3, 0.4) is 0 Å². The summed E-state index contributed by atoms with van der Waals surface area (Å²) >= 11 is 0. The van der Waals surface area contributed by atoms with E-state index in [4.69, 9.17) is 4.74 Å². The Bertz CT molecular complexity index is 1020. The van der Waals surface area contributed by atoms with Crippen molar-refractivity contribution in [1.82, 2.24) is 10.2 Å². The number of rotatable bonds is 11. The molecule has 188 valence electrons. The number of nitrogens with one attached hydrogen (secondary N) is 1. The second-order valence-corrected chi connectivity index (χ2v) is 9.69. The molecule has 35 heavy (non-hydrogen) atoms. The van der Waals surface area contributed by atoms with Crippen molar-refractivity contribution in [1.29, 1.82) is 0 Å². The lowest BCUT2D eigenvalue weighted by molar-refractivity contribution is -0.156. The van der Waals surface area contributed by atoms with Gasteiger partial charge in [-0.15, -0.1) is 0 Å². The van der Waals surface area contributed by atoms with Crippen molar-refractivity contribution in [3.63, 3.8) is 0 Å². The quantitative estimate of drug-likeness (QED) is 0.470. The number of fused-ring (bicyclic) bond motifs is 3. The molecule has 7 nitrogen and oxygen atoms in total. The third-order valence-corrected chi connectivity index (χ3v) is 6.92. The van der Waals surface area contributed by atoms with E-state index >= 15 is 0 Å². The predicted octanol–water partition coefficient (Wildman–Crippen LogP) is 5.04. The molecule has 0 saturated heterocycles. The largest absolute Gasteiger partial charge is 0.480 e. The first-order valence-corrected chi connectivity index (χ1v) is 12.3. The van der Waals surface area contributed by atoms with Gasteiger partial charge in [-0.1, -0.05) is 55.5 Å². The highest BCUT2D eigenvalue weighted by molar-refractivity contribution is 5.86. The normalized spacial score (nSPS) is 13.5. The zero-order valence-electron chi connectivity index (χ0n) is 21.0. The monoisotopic (exact) mass is 480 g/mol. The van der Waals surface area contributed by atoms with Gasteiger partial charge in [0, 0.05) is 25.4 Å². The van der Waals surface area contributed by atoms with E-state index in [1.807, 2.05) is 31.2 Å². The van der Waals surface area contributed by atoms with Crippen LogP contribution in [0.5, 0.6) is 0 Å². The molecular weight excluding hydrogens is 444 g/mol. The van der Waals surface area contributed by atoms with E-state index in [1.165, 1.54) is 27.2 Å². The first-order valence-electron chi connectivity index (χ1n) is 12.3. The third-order valence-electron chi connectivity index (χ3n) is 6.92. The molecule has 0 spiro atoms. The number of carboxylic acids is 1. The van der Waals surface area contributed by atoms with Crippen LogP contribution in [0.1, 0.15) is 64.0 Å². The van der Waals surface area contributed by atoms with Crippen molar-refractivity contribution in [2.75, 3.05) is 19.7 Å². The fourth-order valence-corrected chi connectivity index (χ4v) is 4.72. The van der Waals surface area contributed by atoms with Gasteiger partial charge in [0.1, 0.15) is 12.1 Å². The van der Waals surface area contributed by atoms with Crippen molar-refractivity contribution >= 4 is 18.0 Å². The van der Waals surface area contributed by atoms with Gasteiger partial charge < -0.3 is 20.1 Å². The molecule has 1 aliphatic rings. The number of carboxylic acid groups (broad SMARTS) is 1. The van der Waals surface area contributed by atoms with E-state index in [-0.39, 0.29) is 30.8 Å². The summed E-state index contributed by atoms with van der Waals surface area (Å²) in [7, 11) is 0.